The smallest absolute Gasteiger partial charge is 0.345 e. The van der Waals surface area contributed by atoms with Crippen LogP contribution in [0.15, 0.2) is 34.9 Å². The molecule has 2 aromatic rings. The lowest BCUT2D eigenvalue weighted by Gasteiger charge is -2.12. The van der Waals surface area contributed by atoms with E-state index in [1.54, 1.807) is 19.1 Å². The Morgan fingerprint density at radius 3 is 2.48 bits per heavy atom. The molecule has 0 aliphatic heterocycles. The Morgan fingerprint density at radius 1 is 1.26 bits per heavy atom. The van der Waals surface area contributed by atoms with Crippen LogP contribution in [0.25, 0.3) is 0 Å². The summed E-state index contributed by atoms with van der Waals surface area (Å²) >= 11 is 0. The first-order valence-electron chi connectivity index (χ1n) is 7.77. The third-order valence-corrected chi connectivity index (χ3v) is 3.60. The van der Waals surface area contributed by atoms with Gasteiger partial charge in [-0.05, 0) is 19.1 Å². The number of ether oxygens (including phenoxy) is 3. The molecule has 1 heterocycles. The number of rotatable bonds is 8. The highest BCUT2D eigenvalue weighted by Crippen LogP contribution is 2.34. The number of amides is 1. The summed E-state index contributed by atoms with van der Waals surface area (Å²) in [4.78, 5) is 34.6. The highest BCUT2D eigenvalue weighted by molar-refractivity contribution is 5.96. The van der Waals surface area contributed by atoms with Gasteiger partial charge >= 0.3 is 5.97 Å². The van der Waals surface area contributed by atoms with Crippen LogP contribution in [0.2, 0.25) is 0 Å². The summed E-state index contributed by atoms with van der Waals surface area (Å²) < 4.78 is 20.1. The fourth-order valence-corrected chi connectivity index (χ4v) is 2.28. The van der Waals surface area contributed by atoms with Crippen molar-refractivity contribution in [3.05, 3.63) is 52.0 Å². The summed E-state index contributed by atoms with van der Waals surface area (Å²) in [6, 6.07) is 5.11. The molecule has 27 heavy (non-hydrogen) atoms. The molecule has 10 nitrogen and oxygen atoms in total. The number of esters is 1. The number of carbonyl (C=O) groups excluding carboxylic acids is 2. The average molecular weight is 378 g/mol. The highest BCUT2D eigenvalue weighted by Gasteiger charge is 2.26. The fourth-order valence-electron chi connectivity index (χ4n) is 2.28. The van der Waals surface area contributed by atoms with Gasteiger partial charge in [-0.2, -0.15) is 0 Å². The summed E-state index contributed by atoms with van der Waals surface area (Å²) in [5, 5.41) is 13.8. The van der Waals surface area contributed by atoms with Crippen LogP contribution in [-0.4, -0.2) is 37.6 Å². The number of nitrogens with one attached hydrogen (secondary N) is 1. The molecule has 0 unspecified atom stereocenters. The lowest BCUT2D eigenvalue weighted by molar-refractivity contribution is -0.385. The van der Waals surface area contributed by atoms with Crippen molar-refractivity contribution in [2.24, 2.45) is 0 Å². The fraction of sp³-hybridized carbons (Fsp3) is 0.294. The molecule has 1 N–H and O–H groups in total. The first-order chi connectivity index (χ1) is 12.9. The predicted molar refractivity (Wildman–Crippen MR) is 91.7 cm³/mol. The van der Waals surface area contributed by atoms with Gasteiger partial charge in [0.1, 0.15) is 11.3 Å². The van der Waals surface area contributed by atoms with Crippen molar-refractivity contribution in [2.45, 2.75) is 13.0 Å². The minimum atomic E-state index is -1.04. The van der Waals surface area contributed by atoms with Gasteiger partial charge in [0, 0.05) is 6.07 Å². The lowest BCUT2D eigenvalue weighted by atomic mass is 10.1. The van der Waals surface area contributed by atoms with Gasteiger partial charge in [-0.3, -0.25) is 14.9 Å². The van der Waals surface area contributed by atoms with Gasteiger partial charge in [0.05, 0.1) is 37.5 Å². The van der Waals surface area contributed by atoms with Crippen LogP contribution in [0.4, 0.5) is 5.69 Å². The zero-order chi connectivity index (χ0) is 20.0. The molecule has 0 bridgehead atoms. The number of nitro benzene ring substituents is 1. The summed E-state index contributed by atoms with van der Waals surface area (Å²) in [7, 11) is 2.63. The molecule has 0 fully saturated rings. The van der Waals surface area contributed by atoms with Crippen molar-refractivity contribution in [1.29, 1.82) is 0 Å². The third-order valence-electron chi connectivity index (χ3n) is 3.60. The second-order valence-corrected chi connectivity index (χ2v) is 5.36. The monoisotopic (exact) mass is 378 g/mol. The van der Waals surface area contributed by atoms with E-state index in [1.165, 1.54) is 20.5 Å². The minimum absolute atomic E-state index is 0.0887. The third kappa shape index (κ3) is 4.75. The van der Waals surface area contributed by atoms with Crippen molar-refractivity contribution >= 4 is 17.6 Å². The van der Waals surface area contributed by atoms with Crippen LogP contribution in [-0.2, 0) is 9.53 Å². The molecule has 0 saturated heterocycles. The summed E-state index contributed by atoms with van der Waals surface area (Å²) in [5.74, 6) is -0.888. The summed E-state index contributed by atoms with van der Waals surface area (Å²) in [6.07, 6.45) is 1.47. The van der Waals surface area contributed by atoms with Gasteiger partial charge in [-0.15, -0.1) is 0 Å². The quantitative estimate of drug-likeness (QED) is 0.420. The maximum absolute atomic E-state index is 12.2. The Hall–Kier alpha value is -3.56. The molecule has 144 valence electrons. The number of nitrogens with zero attached hydrogens (tertiary/aromatic N) is 1. The van der Waals surface area contributed by atoms with Gasteiger partial charge < -0.3 is 23.9 Å². The number of nitro groups is 1. The minimum Gasteiger partial charge on any atom is -0.493 e. The molecule has 2 rings (SSSR count). The van der Waals surface area contributed by atoms with Crippen LogP contribution >= 0.6 is 0 Å². The topological polar surface area (TPSA) is 130 Å². The van der Waals surface area contributed by atoms with E-state index < -0.39 is 35.1 Å². The SMILES string of the molecule is COc1cc(C(=O)OCC(=O)N[C@@H](C)c2ccco2)c([N+](=O)[O-])cc1OC. The summed E-state index contributed by atoms with van der Waals surface area (Å²) in [5.41, 5.74) is -0.883. The number of carbonyl (C=O) groups is 2. The van der Waals surface area contributed by atoms with Crippen molar-refractivity contribution in [3.8, 4) is 11.5 Å². The average Bonchev–Trinajstić information content (AvgIpc) is 3.19. The standard InChI is InChI=1S/C17H18N2O8/c1-10(13-5-4-6-26-13)18-16(20)9-27-17(21)11-7-14(24-2)15(25-3)8-12(11)19(22)23/h4-8,10H,9H2,1-3H3,(H,18,20)/t10-/m0/s1. The van der Waals surface area contributed by atoms with Gasteiger partial charge in [-0.25, -0.2) is 4.79 Å². The van der Waals surface area contributed by atoms with Crippen LogP contribution in [0.3, 0.4) is 0 Å². The number of furan rings is 1. The molecule has 1 atom stereocenters. The van der Waals surface area contributed by atoms with E-state index in [2.05, 4.69) is 5.32 Å². The Balaban J connectivity index is 2.08. The van der Waals surface area contributed by atoms with Crippen LogP contribution in [0, 0.1) is 10.1 Å². The molecule has 1 amide bonds. The molecule has 0 aliphatic rings. The predicted octanol–water partition coefficient (Wildman–Crippen LogP) is 2.24. The van der Waals surface area contributed by atoms with Crippen molar-refractivity contribution in [1.82, 2.24) is 5.32 Å². The number of hydrogen-bond donors (Lipinski definition) is 1. The van der Waals surface area contributed by atoms with E-state index in [4.69, 9.17) is 18.6 Å². The normalized spacial score (nSPS) is 11.4. The molecular weight excluding hydrogens is 360 g/mol. The number of benzene rings is 1. The van der Waals surface area contributed by atoms with E-state index >= 15 is 0 Å². The van der Waals surface area contributed by atoms with Gasteiger partial charge in [0.15, 0.2) is 18.1 Å². The molecule has 0 saturated carbocycles. The maximum Gasteiger partial charge on any atom is 0.345 e. The molecule has 1 aromatic heterocycles. The van der Waals surface area contributed by atoms with E-state index in [-0.39, 0.29) is 17.1 Å². The zero-order valence-electron chi connectivity index (χ0n) is 14.9. The first kappa shape index (κ1) is 19.8. The lowest BCUT2D eigenvalue weighted by Crippen LogP contribution is -2.31. The van der Waals surface area contributed by atoms with Crippen molar-refractivity contribution in [2.75, 3.05) is 20.8 Å². The Bertz CT molecular complexity index is 832. The van der Waals surface area contributed by atoms with E-state index in [0.29, 0.717) is 5.76 Å². The molecule has 0 radical (unpaired) electrons. The molecule has 0 aliphatic carbocycles. The first-order valence-corrected chi connectivity index (χ1v) is 7.77. The van der Waals surface area contributed by atoms with E-state index in [1.807, 2.05) is 0 Å². The molecular formula is C17H18N2O8. The van der Waals surface area contributed by atoms with E-state index in [0.717, 1.165) is 12.1 Å². The molecule has 0 spiro atoms. The van der Waals surface area contributed by atoms with Gasteiger partial charge in [-0.1, -0.05) is 0 Å². The second kappa shape index (κ2) is 8.70. The van der Waals surface area contributed by atoms with Crippen molar-refractivity contribution < 1.29 is 33.1 Å². The molecule has 1 aromatic carbocycles. The summed E-state index contributed by atoms with van der Waals surface area (Å²) in [6.45, 7) is 1.08. The van der Waals surface area contributed by atoms with Gasteiger partial charge in [0.2, 0.25) is 0 Å². The largest absolute Gasteiger partial charge is 0.493 e. The maximum atomic E-state index is 12.2. The Labute approximate surface area is 154 Å². The number of methoxy groups -OCH3 is 2. The van der Waals surface area contributed by atoms with E-state index in [9.17, 15) is 19.7 Å². The van der Waals surface area contributed by atoms with Crippen LogP contribution < -0.4 is 14.8 Å². The van der Waals surface area contributed by atoms with Crippen molar-refractivity contribution in [3.63, 3.8) is 0 Å². The van der Waals surface area contributed by atoms with Crippen LogP contribution in [0.5, 0.6) is 11.5 Å². The molecule has 10 heteroatoms. The number of hydrogen-bond acceptors (Lipinski definition) is 8. The van der Waals surface area contributed by atoms with Crippen LogP contribution in [0.1, 0.15) is 29.1 Å². The zero-order valence-corrected chi connectivity index (χ0v) is 14.9. The second-order valence-electron chi connectivity index (χ2n) is 5.36. The highest BCUT2D eigenvalue weighted by atomic mass is 16.6. The Kier molecular flexibility index (Phi) is 6.36. The van der Waals surface area contributed by atoms with Gasteiger partial charge in [0.25, 0.3) is 11.6 Å². The Morgan fingerprint density at radius 2 is 1.93 bits per heavy atom.